The van der Waals surface area contributed by atoms with E-state index < -0.39 is 0 Å². The zero-order chi connectivity index (χ0) is 21.2. The minimum absolute atomic E-state index is 0.0835. The van der Waals surface area contributed by atoms with Crippen molar-refractivity contribution in [3.8, 4) is 16.9 Å². The van der Waals surface area contributed by atoms with Crippen LogP contribution in [0.4, 0.5) is 0 Å². The van der Waals surface area contributed by atoms with Crippen molar-refractivity contribution in [3.05, 3.63) is 84.1 Å². The van der Waals surface area contributed by atoms with Gasteiger partial charge in [-0.3, -0.25) is 4.79 Å². The van der Waals surface area contributed by atoms with Crippen LogP contribution >= 0.6 is 0 Å². The summed E-state index contributed by atoms with van der Waals surface area (Å²) < 4.78 is 1.89. The average Bonchev–Trinajstić information content (AvgIpc) is 3.26. The summed E-state index contributed by atoms with van der Waals surface area (Å²) in [6, 6.07) is 25.1. The molecule has 1 N–H and O–H groups in total. The third-order valence-electron chi connectivity index (χ3n) is 6.21. The summed E-state index contributed by atoms with van der Waals surface area (Å²) in [5, 5.41) is 10.3. The number of fused-ring (bicyclic) bond motifs is 1. The van der Waals surface area contributed by atoms with Gasteiger partial charge in [-0.15, -0.1) is 0 Å². The Kier molecular flexibility index (Phi) is 5.29. The maximum Gasteiger partial charge on any atom is 0.272 e. The highest BCUT2D eigenvalue weighted by Crippen LogP contribution is 2.28. The Morgan fingerprint density at radius 1 is 0.903 bits per heavy atom. The van der Waals surface area contributed by atoms with Crippen LogP contribution in [0, 0.1) is 6.92 Å². The van der Waals surface area contributed by atoms with E-state index in [9.17, 15) is 4.79 Å². The van der Waals surface area contributed by atoms with Gasteiger partial charge >= 0.3 is 0 Å². The molecular weight excluding hydrogens is 382 g/mol. The maximum absolute atomic E-state index is 13.0. The van der Waals surface area contributed by atoms with Crippen molar-refractivity contribution in [2.24, 2.45) is 0 Å². The van der Waals surface area contributed by atoms with Crippen molar-refractivity contribution in [1.82, 2.24) is 15.1 Å². The lowest BCUT2D eigenvalue weighted by molar-refractivity contribution is 0.0922. The van der Waals surface area contributed by atoms with Crippen LogP contribution < -0.4 is 5.32 Å². The maximum atomic E-state index is 13.0. The Balaban J connectivity index is 1.56. The van der Waals surface area contributed by atoms with Gasteiger partial charge in [-0.05, 0) is 54.8 Å². The molecule has 3 aromatic carbocycles. The molecule has 1 aliphatic carbocycles. The molecule has 4 aromatic rings. The second-order valence-corrected chi connectivity index (χ2v) is 8.53. The van der Waals surface area contributed by atoms with Crippen LogP contribution in [-0.2, 0) is 0 Å². The number of amides is 1. The van der Waals surface area contributed by atoms with Crippen LogP contribution in [0.1, 0.15) is 48.2 Å². The molecule has 0 spiro atoms. The number of nitrogens with one attached hydrogen (secondary N) is 1. The van der Waals surface area contributed by atoms with E-state index in [0.29, 0.717) is 5.69 Å². The van der Waals surface area contributed by atoms with Gasteiger partial charge in [0.05, 0.1) is 11.4 Å². The molecule has 4 nitrogen and oxygen atoms in total. The molecule has 156 valence electrons. The van der Waals surface area contributed by atoms with Crippen molar-refractivity contribution in [2.45, 2.75) is 45.1 Å². The van der Waals surface area contributed by atoms with E-state index in [4.69, 9.17) is 5.10 Å². The van der Waals surface area contributed by atoms with Gasteiger partial charge in [0.2, 0.25) is 0 Å². The van der Waals surface area contributed by atoms with E-state index in [-0.39, 0.29) is 11.9 Å². The molecule has 0 unspecified atom stereocenters. The molecule has 1 saturated carbocycles. The van der Waals surface area contributed by atoms with Gasteiger partial charge in [-0.1, -0.05) is 73.4 Å². The zero-order valence-corrected chi connectivity index (χ0v) is 17.8. The molecule has 5 rings (SSSR count). The standard InChI is InChI=1S/C27H27N3O/c1-19-11-15-24(16-12-19)30-26(22-14-13-20-7-5-6-8-21(20)17-22)18-25(29-30)27(31)28-23-9-3-2-4-10-23/h5-8,11-18,23H,2-4,9-10H2,1H3,(H,28,31). The molecular formula is C27H27N3O. The van der Waals surface area contributed by atoms with Crippen LogP contribution in [0.15, 0.2) is 72.8 Å². The monoisotopic (exact) mass is 409 g/mol. The topological polar surface area (TPSA) is 46.9 Å². The van der Waals surface area contributed by atoms with Crippen LogP contribution in [0.3, 0.4) is 0 Å². The highest BCUT2D eigenvalue weighted by molar-refractivity contribution is 5.94. The predicted molar refractivity (Wildman–Crippen MR) is 126 cm³/mol. The summed E-state index contributed by atoms with van der Waals surface area (Å²) in [5.74, 6) is -0.0835. The fourth-order valence-corrected chi connectivity index (χ4v) is 4.44. The smallest absolute Gasteiger partial charge is 0.272 e. The molecule has 0 radical (unpaired) electrons. The Hall–Kier alpha value is -3.40. The van der Waals surface area contributed by atoms with Gasteiger partial charge in [0.1, 0.15) is 0 Å². The molecule has 1 amide bonds. The molecule has 0 saturated heterocycles. The predicted octanol–water partition coefficient (Wildman–Crippen LogP) is 6.06. The third-order valence-corrected chi connectivity index (χ3v) is 6.21. The fraction of sp³-hybridized carbons (Fsp3) is 0.259. The Labute approximate surface area is 182 Å². The highest BCUT2D eigenvalue weighted by atomic mass is 16.2. The molecule has 0 bridgehead atoms. The number of nitrogens with zero attached hydrogens (tertiary/aromatic N) is 2. The lowest BCUT2D eigenvalue weighted by Crippen LogP contribution is -2.36. The average molecular weight is 410 g/mol. The molecule has 1 aliphatic rings. The van der Waals surface area contributed by atoms with Crippen LogP contribution in [0.2, 0.25) is 0 Å². The van der Waals surface area contributed by atoms with E-state index in [1.807, 2.05) is 22.9 Å². The van der Waals surface area contributed by atoms with Gasteiger partial charge in [0.25, 0.3) is 5.91 Å². The number of hydrogen-bond donors (Lipinski definition) is 1. The third kappa shape index (κ3) is 4.11. The van der Waals surface area contributed by atoms with E-state index in [1.54, 1.807) is 0 Å². The van der Waals surface area contributed by atoms with E-state index in [2.05, 4.69) is 66.8 Å². The van der Waals surface area contributed by atoms with E-state index >= 15 is 0 Å². The number of aromatic nitrogens is 2. The molecule has 1 aromatic heterocycles. The summed E-state index contributed by atoms with van der Waals surface area (Å²) in [5.41, 5.74) is 4.57. The SMILES string of the molecule is Cc1ccc(-n2nc(C(=O)NC3CCCCC3)cc2-c2ccc3ccccc3c2)cc1. The summed E-state index contributed by atoms with van der Waals surface area (Å²) in [6.45, 7) is 2.07. The lowest BCUT2D eigenvalue weighted by atomic mass is 9.95. The number of carbonyl (C=O) groups excluding carboxylic acids is 1. The van der Waals surface area contributed by atoms with Gasteiger partial charge in [0, 0.05) is 11.6 Å². The van der Waals surface area contributed by atoms with E-state index in [1.165, 1.54) is 35.6 Å². The van der Waals surface area contributed by atoms with Crippen molar-refractivity contribution in [2.75, 3.05) is 0 Å². The normalized spacial score (nSPS) is 14.6. The molecule has 1 heterocycles. The Morgan fingerprint density at radius 2 is 1.65 bits per heavy atom. The lowest BCUT2D eigenvalue weighted by Gasteiger charge is -2.22. The first-order valence-electron chi connectivity index (χ1n) is 11.1. The Morgan fingerprint density at radius 3 is 2.42 bits per heavy atom. The largest absolute Gasteiger partial charge is 0.348 e. The quantitative estimate of drug-likeness (QED) is 0.445. The minimum Gasteiger partial charge on any atom is -0.348 e. The van der Waals surface area contributed by atoms with Crippen molar-refractivity contribution >= 4 is 16.7 Å². The zero-order valence-electron chi connectivity index (χ0n) is 17.8. The summed E-state index contributed by atoms with van der Waals surface area (Å²) in [7, 11) is 0. The van der Waals surface area contributed by atoms with Crippen LogP contribution in [0.25, 0.3) is 27.7 Å². The first kappa shape index (κ1) is 19.6. The number of rotatable bonds is 4. The van der Waals surface area contributed by atoms with Gasteiger partial charge in [0.15, 0.2) is 5.69 Å². The number of benzene rings is 3. The van der Waals surface area contributed by atoms with Crippen molar-refractivity contribution in [1.29, 1.82) is 0 Å². The van der Waals surface area contributed by atoms with E-state index in [0.717, 1.165) is 29.8 Å². The first-order chi connectivity index (χ1) is 15.2. The van der Waals surface area contributed by atoms with Crippen LogP contribution in [0.5, 0.6) is 0 Å². The van der Waals surface area contributed by atoms with Gasteiger partial charge < -0.3 is 5.32 Å². The molecule has 0 atom stereocenters. The summed E-state index contributed by atoms with van der Waals surface area (Å²) >= 11 is 0. The number of aryl methyl sites for hydroxylation is 1. The second kappa shape index (κ2) is 8.38. The first-order valence-corrected chi connectivity index (χ1v) is 11.1. The van der Waals surface area contributed by atoms with Crippen molar-refractivity contribution in [3.63, 3.8) is 0 Å². The molecule has 4 heteroatoms. The second-order valence-electron chi connectivity index (χ2n) is 8.53. The number of carbonyl (C=O) groups is 1. The van der Waals surface area contributed by atoms with Crippen LogP contribution in [-0.4, -0.2) is 21.7 Å². The summed E-state index contributed by atoms with van der Waals surface area (Å²) in [4.78, 5) is 13.0. The Bertz CT molecular complexity index is 1220. The van der Waals surface area contributed by atoms with Crippen molar-refractivity contribution < 1.29 is 4.79 Å². The summed E-state index contributed by atoms with van der Waals surface area (Å²) in [6.07, 6.45) is 5.75. The molecule has 31 heavy (non-hydrogen) atoms. The molecule has 1 fully saturated rings. The molecule has 0 aliphatic heterocycles. The van der Waals surface area contributed by atoms with Gasteiger partial charge in [-0.25, -0.2) is 4.68 Å². The minimum atomic E-state index is -0.0835. The fourth-order valence-electron chi connectivity index (χ4n) is 4.44. The van der Waals surface area contributed by atoms with Gasteiger partial charge in [-0.2, -0.15) is 5.10 Å². The highest BCUT2D eigenvalue weighted by Gasteiger charge is 2.21. The number of hydrogen-bond acceptors (Lipinski definition) is 2.